The van der Waals surface area contributed by atoms with Crippen molar-refractivity contribution in [3.05, 3.63) is 35.4 Å². The molecule has 96 valence electrons. The molecular weight excluding hydrogens is 228 g/mol. The third kappa shape index (κ3) is 5.59. The van der Waals surface area contributed by atoms with Crippen LogP contribution in [-0.2, 0) is 6.42 Å². The highest BCUT2D eigenvalue weighted by molar-refractivity contribution is 6.20. The SMILES string of the molecule is CCCCc1ccc(C(Cl)CCC(C)C)cc1. The normalized spacial score (nSPS) is 13.0. The standard InChI is InChI=1S/C16H25Cl/c1-4-5-6-14-8-10-15(11-9-14)16(17)12-7-13(2)3/h8-11,13,16H,4-7,12H2,1-3H3. The van der Waals surface area contributed by atoms with Crippen LogP contribution in [0.4, 0.5) is 0 Å². The van der Waals surface area contributed by atoms with Gasteiger partial charge >= 0.3 is 0 Å². The number of rotatable bonds is 7. The quantitative estimate of drug-likeness (QED) is 0.543. The molecule has 0 fully saturated rings. The maximum absolute atomic E-state index is 6.41. The Morgan fingerprint density at radius 2 is 1.71 bits per heavy atom. The third-order valence-electron chi connectivity index (χ3n) is 3.16. The van der Waals surface area contributed by atoms with Gasteiger partial charge in [-0.05, 0) is 42.7 Å². The highest BCUT2D eigenvalue weighted by Gasteiger charge is 2.08. The van der Waals surface area contributed by atoms with E-state index in [1.165, 1.54) is 36.8 Å². The smallest absolute Gasteiger partial charge is 0.0585 e. The van der Waals surface area contributed by atoms with Gasteiger partial charge in [0.05, 0.1) is 5.38 Å². The van der Waals surface area contributed by atoms with Crippen LogP contribution in [0, 0.1) is 5.92 Å². The molecule has 1 unspecified atom stereocenters. The van der Waals surface area contributed by atoms with E-state index >= 15 is 0 Å². The van der Waals surface area contributed by atoms with Gasteiger partial charge in [-0.1, -0.05) is 51.5 Å². The first-order valence-corrected chi connectivity index (χ1v) is 7.30. The van der Waals surface area contributed by atoms with Gasteiger partial charge in [-0.15, -0.1) is 11.6 Å². The number of hydrogen-bond acceptors (Lipinski definition) is 0. The highest BCUT2D eigenvalue weighted by atomic mass is 35.5. The van der Waals surface area contributed by atoms with E-state index in [1.807, 2.05) is 0 Å². The van der Waals surface area contributed by atoms with Gasteiger partial charge in [-0.2, -0.15) is 0 Å². The molecule has 17 heavy (non-hydrogen) atoms. The maximum atomic E-state index is 6.41. The predicted molar refractivity (Wildman–Crippen MR) is 77.7 cm³/mol. The lowest BCUT2D eigenvalue weighted by Gasteiger charge is -2.12. The van der Waals surface area contributed by atoms with E-state index < -0.39 is 0 Å². The van der Waals surface area contributed by atoms with E-state index in [0.29, 0.717) is 0 Å². The molecule has 0 heterocycles. The van der Waals surface area contributed by atoms with Crippen LogP contribution in [-0.4, -0.2) is 0 Å². The molecule has 1 atom stereocenters. The third-order valence-corrected chi connectivity index (χ3v) is 3.63. The van der Waals surface area contributed by atoms with Crippen molar-refractivity contribution >= 4 is 11.6 Å². The van der Waals surface area contributed by atoms with Crippen LogP contribution in [0.2, 0.25) is 0 Å². The van der Waals surface area contributed by atoms with E-state index in [0.717, 1.165) is 12.3 Å². The Balaban J connectivity index is 2.48. The molecule has 0 saturated heterocycles. The highest BCUT2D eigenvalue weighted by Crippen LogP contribution is 2.27. The monoisotopic (exact) mass is 252 g/mol. The van der Waals surface area contributed by atoms with E-state index in [-0.39, 0.29) is 5.38 Å². The largest absolute Gasteiger partial charge is 0.118 e. The maximum Gasteiger partial charge on any atom is 0.0585 e. The molecular formula is C16H25Cl. The van der Waals surface area contributed by atoms with E-state index in [2.05, 4.69) is 45.0 Å². The zero-order valence-corrected chi connectivity index (χ0v) is 12.1. The van der Waals surface area contributed by atoms with Crippen LogP contribution in [0.5, 0.6) is 0 Å². The van der Waals surface area contributed by atoms with Crippen molar-refractivity contribution in [3.8, 4) is 0 Å². The Kier molecular flexibility index (Phi) is 6.65. The van der Waals surface area contributed by atoms with E-state index in [1.54, 1.807) is 0 Å². The zero-order chi connectivity index (χ0) is 12.7. The van der Waals surface area contributed by atoms with Crippen LogP contribution in [0.25, 0.3) is 0 Å². The summed E-state index contributed by atoms with van der Waals surface area (Å²) in [5.74, 6) is 0.736. The minimum absolute atomic E-state index is 0.178. The van der Waals surface area contributed by atoms with Crippen molar-refractivity contribution in [1.29, 1.82) is 0 Å². The fourth-order valence-electron chi connectivity index (χ4n) is 1.92. The van der Waals surface area contributed by atoms with Crippen molar-refractivity contribution < 1.29 is 0 Å². The molecule has 0 aliphatic heterocycles. The van der Waals surface area contributed by atoms with Crippen LogP contribution >= 0.6 is 11.6 Å². The molecule has 0 aromatic heterocycles. The molecule has 0 aliphatic carbocycles. The lowest BCUT2D eigenvalue weighted by molar-refractivity contribution is 0.549. The summed E-state index contributed by atoms with van der Waals surface area (Å²) in [5.41, 5.74) is 2.70. The molecule has 0 radical (unpaired) electrons. The summed E-state index contributed by atoms with van der Waals surface area (Å²) in [6, 6.07) is 8.86. The van der Waals surface area contributed by atoms with Gasteiger partial charge in [-0.3, -0.25) is 0 Å². The molecule has 0 nitrogen and oxygen atoms in total. The van der Waals surface area contributed by atoms with Crippen LogP contribution < -0.4 is 0 Å². The van der Waals surface area contributed by atoms with Crippen LogP contribution in [0.1, 0.15) is 63.0 Å². The number of unbranched alkanes of at least 4 members (excludes halogenated alkanes) is 1. The van der Waals surface area contributed by atoms with Crippen molar-refractivity contribution in [2.24, 2.45) is 5.92 Å². The number of hydrogen-bond donors (Lipinski definition) is 0. The topological polar surface area (TPSA) is 0 Å². The molecule has 0 N–H and O–H groups in total. The fraction of sp³-hybridized carbons (Fsp3) is 0.625. The molecule has 1 aromatic carbocycles. The van der Waals surface area contributed by atoms with Gasteiger partial charge in [0.25, 0.3) is 0 Å². The Labute approximate surface area is 111 Å². The number of benzene rings is 1. The molecule has 0 saturated carbocycles. The summed E-state index contributed by atoms with van der Waals surface area (Å²) < 4.78 is 0. The Bertz CT molecular complexity index is 300. The summed E-state index contributed by atoms with van der Waals surface area (Å²) in [5, 5.41) is 0.178. The molecule has 0 aliphatic rings. The second-order valence-electron chi connectivity index (χ2n) is 5.28. The fourth-order valence-corrected chi connectivity index (χ4v) is 2.19. The van der Waals surface area contributed by atoms with Crippen LogP contribution in [0.3, 0.4) is 0 Å². The molecule has 1 heteroatoms. The van der Waals surface area contributed by atoms with E-state index in [9.17, 15) is 0 Å². The number of alkyl halides is 1. The minimum atomic E-state index is 0.178. The van der Waals surface area contributed by atoms with Gasteiger partial charge in [0.1, 0.15) is 0 Å². The number of aryl methyl sites for hydroxylation is 1. The molecule has 0 bridgehead atoms. The summed E-state index contributed by atoms with van der Waals surface area (Å²) >= 11 is 6.41. The minimum Gasteiger partial charge on any atom is -0.118 e. The molecule has 0 amide bonds. The van der Waals surface area contributed by atoms with Crippen molar-refractivity contribution in [1.82, 2.24) is 0 Å². The molecule has 1 rings (SSSR count). The molecule has 0 spiro atoms. The Morgan fingerprint density at radius 3 is 2.24 bits per heavy atom. The van der Waals surface area contributed by atoms with Crippen LogP contribution in [0.15, 0.2) is 24.3 Å². The summed E-state index contributed by atoms with van der Waals surface area (Å²) in [6.07, 6.45) is 6.00. The molecule has 1 aromatic rings. The second kappa shape index (κ2) is 7.76. The predicted octanol–water partition coefficient (Wildman–Crippen LogP) is 5.75. The van der Waals surface area contributed by atoms with Gasteiger partial charge in [0, 0.05) is 0 Å². The van der Waals surface area contributed by atoms with Crippen molar-refractivity contribution in [2.45, 2.75) is 58.3 Å². The first kappa shape index (κ1) is 14.6. The lowest BCUT2D eigenvalue weighted by Crippen LogP contribution is -1.95. The summed E-state index contributed by atoms with van der Waals surface area (Å²) in [6.45, 7) is 6.73. The lowest BCUT2D eigenvalue weighted by atomic mass is 10.00. The van der Waals surface area contributed by atoms with Gasteiger partial charge in [0.2, 0.25) is 0 Å². The second-order valence-corrected chi connectivity index (χ2v) is 5.81. The average molecular weight is 253 g/mol. The van der Waals surface area contributed by atoms with Crippen molar-refractivity contribution in [2.75, 3.05) is 0 Å². The first-order valence-electron chi connectivity index (χ1n) is 6.86. The van der Waals surface area contributed by atoms with Crippen molar-refractivity contribution in [3.63, 3.8) is 0 Å². The Morgan fingerprint density at radius 1 is 1.06 bits per heavy atom. The Hall–Kier alpha value is -0.490. The first-order chi connectivity index (χ1) is 8.13. The van der Waals surface area contributed by atoms with E-state index in [4.69, 9.17) is 11.6 Å². The average Bonchev–Trinajstić information content (AvgIpc) is 2.34. The van der Waals surface area contributed by atoms with Gasteiger partial charge in [0.15, 0.2) is 0 Å². The summed E-state index contributed by atoms with van der Waals surface area (Å²) in [7, 11) is 0. The summed E-state index contributed by atoms with van der Waals surface area (Å²) in [4.78, 5) is 0. The zero-order valence-electron chi connectivity index (χ0n) is 11.4. The van der Waals surface area contributed by atoms with Gasteiger partial charge in [-0.25, -0.2) is 0 Å². The number of halogens is 1. The van der Waals surface area contributed by atoms with Gasteiger partial charge < -0.3 is 0 Å².